The van der Waals surface area contributed by atoms with E-state index in [0.29, 0.717) is 12.2 Å². The van der Waals surface area contributed by atoms with Gasteiger partial charge in [-0.25, -0.2) is 4.39 Å². The van der Waals surface area contributed by atoms with Crippen molar-refractivity contribution >= 4 is 5.91 Å². The van der Waals surface area contributed by atoms with Gasteiger partial charge in [0, 0.05) is 6.42 Å². The monoisotopic (exact) mass is 268 g/mol. The molecule has 2 atom stereocenters. The fourth-order valence-corrected chi connectivity index (χ4v) is 1.90. The maximum Gasteiger partial charge on any atom is 0.237 e. The number of halogens is 1. The van der Waals surface area contributed by atoms with Crippen LogP contribution < -0.4 is 15.8 Å². The summed E-state index contributed by atoms with van der Waals surface area (Å²) in [7, 11) is 1.68. The van der Waals surface area contributed by atoms with E-state index in [2.05, 4.69) is 5.32 Å². The van der Waals surface area contributed by atoms with Crippen LogP contribution in [0.25, 0.3) is 0 Å². The largest absolute Gasteiger partial charge is 0.490 e. The molecule has 0 aliphatic rings. The molecule has 2 unspecified atom stereocenters. The maximum absolute atomic E-state index is 13.0. The van der Waals surface area contributed by atoms with Gasteiger partial charge in [0.05, 0.1) is 11.6 Å². The average molecular weight is 268 g/mol. The number of ether oxygens (including phenoxy) is 1. The molecule has 0 saturated carbocycles. The van der Waals surface area contributed by atoms with Crippen LogP contribution in [0.1, 0.15) is 25.8 Å². The molecule has 1 rings (SSSR count). The van der Waals surface area contributed by atoms with Gasteiger partial charge in [0.25, 0.3) is 0 Å². The van der Waals surface area contributed by atoms with Crippen molar-refractivity contribution in [3.05, 3.63) is 29.6 Å². The third-order valence-corrected chi connectivity index (χ3v) is 3.26. The molecule has 0 aliphatic heterocycles. The summed E-state index contributed by atoms with van der Waals surface area (Å²) < 4.78 is 18.7. The number of amides is 1. The summed E-state index contributed by atoms with van der Waals surface area (Å²) in [5, 5.41) is 2.90. The lowest BCUT2D eigenvalue weighted by Crippen LogP contribution is -2.53. The van der Waals surface area contributed by atoms with Gasteiger partial charge in [0.2, 0.25) is 5.91 Å². The summed E-state index contributed by atoms with van der Waals surface area (Å²) >= 11 is 0. The zero-order valence-corrected chi connectivity index (χ0v) is 11.8. The summed E-state index contributed by atoms with van der Waals surface area (Å²) in [5.74, 6) is -0.118. The van der Waals surface area contributed by atoms with Gasteiger partial charge in [0.1, 0.15) is 11.6 Å². The number of carbonyl (C=O) groups is 1. The van der Waals surface area contributed by atoms with E-state index in [1.165, 1.54) is 12.1 Å². The number of rotatable bonds is 6. The van der Waals surface area contributed by atoms with Gasteiger partial charge in [-0.1, -0.05) is 0 Å². The van der Waals surface area contributed by atoms with E-state index in [4.69, 9.17) is 10.5 Å². The van der Waals surface area contributed by atoms with Gasteiger partial charge in [-0.15, -0.1) is 0 Å². The van der Waals surface area contributed by atoms with Crippen LogP contribution in [-0.4, -0.2) is 24.6 Å². The van der Waals surface area contributed by atoms with Gasteiger partial charge in [0.15, 0.2) is 0 Å². The molecule has 0 aromatic heterocycles. The number of nitrogens with two attached hydrogens (primary N) is 1. The number of aryl methyl sites for hydroxylation is 1. The molecule has 3 N–H and O–H groups in total. The average Bonchev–Trinajstić information content (AvgIpc) is 2.32. The minimum atomic E-state index is -0.826. The first-order valence-corrected chi connectivity index (χ1v) is 6.20. The molecular formula is C14H21FN2O2. The summed E-state index contributed by atoms with van der Waals surface area (Å²) in [6, 6.07) is 4.34. The van der Waals surface area contributed by atoms with E-state index < -0.39 is 11.4 Å². The van der Waals surface area contributed by atoms with Crippen LogP contribution in [0.4, 0.5) is 4.39 Å². The number of primary amides is 1. The second kappa shape index (κ2) is 6.02. The van der Waals surface area contributed by atoms with Crippen molar-refractivity contribution in [1.82, 2.24) is 5.32 Å². The van der Waals surface area contributed by atoms with Crippen LogP contribution in [0.2, 0.25) is 0 Å². The molecular weight excluding hydrogens is 247 g/mol. The van der Waals surface area contributed by atoms with Crippen LogP contribution in [0.3, 0.4) is 0 Å². The Morgan fingerprint density at radius 2 is 2.21 bits per heavy atom. The van der Waals surface area contributed by atoms with Crippen LogP contribution in [0.15, 0.2) is 18.2 Å². The van der Waals surface area contributed by atoms with Crippen molar-refractivity contribution in [2.45, 2.75) is 38.8 Å². The molecule has 0 aliphatic carbocycles. The quantitative estimate of drug-likeness (QED) is 0.826. The zero-order chi connectivity index (χ0) is 14.6. The first kappa shape index (κ1) is 15.4. The van der Waals surface area contributed by atoms with Crippen molar-refractivity contribution in [2.24, 2.45) is 5.73 Å². The molecule has 1 amide bonds. The Balaban J connectivity index is 2.74. The number of benzene rings is 1. The van der Waals surface area contributed by atoms with Crippen molar-refractivity contribution in [3.8, 4) is 5.75 Å². The summed E-state index contributed by atoms with van der Waals surface area (Å²) in [6.07, 6.45) is 0.199. The fourth-order valence-electron chi connectivity index (χ4n) is 1.90. The highest BCUT2D eigenvalue weighted by atomic mass is 19.1. The van der Waals surface area contributed by atoms with E-state index >= 15 is 0 Å². The molecule has 0 spiro atoms. The smallest absolute Gasteiger partial charge is 0.237 e. The van der Waals surface area contributed by atoms with Crippen molar-refractivity contribution < 1.29 is 13.9 Å². The molecule has 0 bridgehead atoms. The van der Waals surface area contributed by atoms with Gasteiger partial charge in [-0.05, 0) is 51.6 Å². The normalized spacial score (nSPS) is 15.6. The van der Waals surface area contributed by atoms with Crippen LogP contribution in [0, 0.1) is 12.7 Å². The highest BCUT2D eigenvalue weighted by Crippen LogP contribution is 2.22. The summed E-state index contributed by atoms with van der Waals surface area (Å²) in [6.45, 7) is 5.35. The minimum absolute atomic E-state index is 0.228. The molecule has 0 heterocycles. The molecule has 106 valence electrons. The number of likely N-dealkylation sites (N-methyl/N-ethyl adjacent to an activating group) is 1. The Morgan fingerprint density at radius 3 is 2.68 bits per heavy atom. The lowest BCUT2D eigenvalue weighted by Gasteiger charge is -2.29. The molecule has 0 radical (unpaired) electrons. The topological polar surface area (TPSA) is 64.3 Å². The third-order valence-electron chi connectivity index (χ3n) is 3.26. The predicted molar refractivity (Wildman–Crippen MR) is 72.5 cm³/mol. The number of hydrogen-bond donors (Lipinski definition) is 2. The van der Waals surface area contributed by atoms with Gasteiger partial charge >= 0.3 is 0 Å². The van der Waals surface area contributed by atoms with Crippen LogP contribution >= 0.6 is 0 Å². The first-order chi connectivity index (χ1) is 8.78. The van der Waals surface area contributed by atoms with Gasteiger partial charge in [-0.2, -0.15) is 0 Å². The third kappa shape index (κ3) is 3.92. The Labute approximate surface area is 113 Å². The molecule has 4 nitrogen and oxygen atoms in total. The van der Waals surface area contributed by atoms with E-state index in [-0.39, 0.29) is 11.9 Å². The molecule has 0 saturated heterocycles. The Morgan fingerprint density at radius 1 is 1.58 bits per heavy atom. The van der Waals surface area contributed by atoms with E-state index in [1.807, 2.05) is 6.92 Å². The van der Waals surface area contributed by atoms with Crippen LogP contribution in [-0.2, 0) is 4.79 Å². The van der Waals surface area contributed by atoms with E-state index in [9.17, 15) is 9.18 Å². The second-order valence-corrected chi connectivity index (χ2v) is 4.99. The van der Waals surface area contributed by atoms with Crippen LogP contribution in [0.5, 0.6) is 5.75 Å². The maximum atomic E-state index is 13.0. The fraction of sp³-hybridized carbons (Fsp3) is 0.500. The Kier molecular flexibility index (Phi) is 4.89. The number of nitrogens with one attached hydrogen (secondary N) is 1. The molecule has 0 fully saturated rings. The highest BCUT2D eigenvalue weighted by molar-refractivity contribution is 5.84. The second-order valence-electron chi connectivity index (χ2n) is 4.99. The highest BCUT2D eigenvalue weighted by Gasteiger charge is 2.31. The van der Waals surface area contributed by atoms with Crippen molar-refractivity contribution in [1.29, 1.82) is 0 Å². The number of carbonyl (C=O) groups excluding carboxylic acids is 1. The van der Waals surface area contributed by atoms with Gasteiger partial charge < -0.3 is 15.8 Å². The standard InChI is InChI=1S/C14H21FN2O2/c1-9-7-11(15)5-6-12(9)19-10(2)8-14(3,17-4)13(16)18/h5-7,10,17H,8H2,1-4H3,(H2,16,18). The first-order valence-electron chi connectivity index (χ1n) is 6.20. The lowest BCUT2D eigenvalue weighted by atomic mass is 9.94. The lowest BCUT2D eigenvalue weighted by molar-refractivity contribution is -0.124. The summed E-state index contributed by atoms with van der Waals surface area (Å²) in [5.41, 5.74) is 5.26. The zero-order valence-electron chi connectivity index (χ0n) is 11.8. The molecule has 19 heavy (non-hydrogen) atoms. The SMILES string of the molecule is CNC(C)(CC(C)Oc1ccc(F)cc1C)C(N)=O. The Hall–Kier alpha value is -1.62. The van der Waals surface area contributed by atoms with Crippen molar-refractivity contribution in [2.75, 3.05) is 7.05 Å². The van der Waals surface area contributed by atoms with Gasteiger partial charge in [-0.3, -0.25) is 4.79 Å². The number of hydrogen-bond acceptors (Lipinski definition) is 3. The molecule has 1 aromatic rings. The molecule has 1 aromatic carbocycles. The Bertz CT molecular complexity index is 465. The van der Waals surface area contributed by atoms with E-state index in [1.54, 1.807) is 27.0 Å². The van der Waals surface area contributed by atoms with Crippen molar-refractivity contribution in [3.63, 3.8) is 0 Å². The van der Waals surface area contributed by atoms with E-state index in [0.717, 1.165) is 5.56 Å². The summed E-state index contributed by atoms with van der Waals surface area (Å²) in [4.78, 5) is 11.4. The minimum Gasteiger partial charge on any atom is -0.490 e. The molecule has 5 heteroatoms. The predicted octanol–water partition coefficient (Wildman–Crippen LogP) is 1.75.